The zero-order chi connectivity index (χ0) is 16.9. The van der Waals surface area contributed by atoms with Crippen LogP contribution >= 0.6 is 0 Å². The van der Waals surface area contributed by atoms with E-state index in [9.17, 15) is 14.7 Å². The van der Waals surface area contributed by atoms with E-state index in [1.165, 1.54) is 4.90 Å². The number of rotatable bonds is 5. The van der Waals surface area contributed by atoms with Gasteiger partial charge in [-0.15, -0.1) is 0 Å². The quantitative estimate of drug-likeness (QED) is 0.887. The number of aromatic nitrogens is 1. The van der Waals surface area contributed by atoms with Crippen LogP contribution in [0, 0.1) is 0 Å². The lowest BCUT2D eigenvalue weighted by molar-refractivity contribution is -0.152. The largest absolute Gasteiger partial charge is 0.480 e. The number of hydrogen-bond donors (Lipinski definition) is 2. The number of nitrogens with zero attached hydrogens (tertiary/aromatic N) is 1. The van der Waals surface area contributed by atoms with Crippen LogP contribution in [0.5, 0.6) is 0 Å². The van der Waals surface area contributed by atoms with E-state index in [4.69, 9.17) is 0 Å². The first kappa shape index (κ1) is 16.3. The second-order valence-electron chi connectivity index (χ2n) is 6.20. The van der Waals surface area contributed by atoms with Gasteiger partial charge in [-0.2, -0.15) is 0 Å². The van der Waals surface area contributed by atoms with Gasteiger partial charge in [0.05, 0.1) is 0 Å². The van der Waals surface area contributed by atoms with E-state index in [1.807, 2.05) is 42.5 Å². The number of carboxylic acids is 1. The summed E-state index contributed by atoms with van der Waals surface area (Å²) in [5.74, 6) is -0.966. The van der Waals surface area contributed by atoms with E-state index in [1.54, 1.807) is 0 Å². The lowest BCUT2D eigenvalue weighted by Crippen LogP contribution is -2.48. The van der Waals surface area contributed by atoms with Crippen molar-refractivity contribution in [1.82, 2.24) is 9.88 Å². The van der Waals surface area contributed by atoms with Crippen molar-refractivity contribution in [3.63, 3.8) is 0 Å². The van der Waals surface area contributed by atoms with Gasteiger partial charge in [-0.25, -0.2) is 4.79 Å². The van der Waals surface area contributed by atoms with Crippen molar-refractivity contribution in [3.05, 3.63) is 48.2 Å². The molecule has 1 saturated heterocycles. The molecule has 2 heterocycles. The van der Waals surface area contributed by atoms with Crippen molar-refractivity contribution in [1.29, 1.82) is 0 Å². The average Bonchev–Trinajstić information content (AvgIpc) is 3.09. The molecule has 1 atom stereocenters. The lowest BCUT2D eigenvalue weighted by Gasteiger charge is -2.33. The van der Waals surface area contributed by atoms with Gasteiger partial charge in [0.2, 0.25) is 5.91 Å². The third kappa shape index (κ3) is 3.67. The van der Waals surface area contributed by atoms with Gasteiger partial charge in [-0.3, -0.25) is 4.79 Å². The van der Waals surface area contributed by atoms with Crippen molar-refractivity contribution in [2.45, 2.75) is 38.1 Å². The molecule has 1 amide bonds. The Hall–Kier alpha value is -2.56. The van der Waals surface area contributed by atoms with Crippen LogP contribution in [0.3, 0.4) is 0 Å². The van der Waals surface area contributed by atoms with Gasteiger partial charge >= 0.3 is 5.97 Å². The fraction of sp³-hybridized carbons (Fsp3) is 0.368. The van der Waals surface area contributed by atoms with Crippen LogP contribution in [0.4, 0.5) is 0 Å². The molecule has 0 radical (unpaired) electrons. The minimum atomic E-state index is -0.894. The summed E-state index contributed by atoms with van der Waals surface area (Å²) < 4.78 is 0. The van der Waals surface area contributed by atoms with Crippen LogP contribution in [0.15, 0.2) is 42.5 Å². The Labute approximate surface area is 141 Å². The highest BCUT2D eigenvalue weighted by atomic mass is 16.4. The lowest BCUT2D eigenvalue weighted by atomic mass is 10.0. The molecule has 2 N–H and O–H groups in total. The summed E-state index contributed by atoms with van der Waals surface area (Å²) in [7, 11) is 0. The average molecular weight is 326 g/mol. The summed E-state index contributed by atoms with van der Waals surface area (Å²) >= 11 is 0. The van der Waals surface area contributed by atoms with Gasteiger partial charge in [0.15, 0.2) is 0 Å². The zero-order valence-corrected chi connectivity index (χ0v) is 13.6. The van der Waals surface area contributed by atoms with Gasteiger partial charge in [0, 0.05) is 24.4 Å². The Morgan fingerprint density at radius 3 is 2.67 bits per heavy atom. The number of H-pyrrole nitrogens is 1. The summed E-state index contributed by atoms with van der Waals surface area (Å²) in [5.41, 5.74) is 3.13. The van der Waals surface area contributed by atoms with E-state index < -0.39 is 12.0 Å². The predicted molar refractivity (Wildman–Crippen MR) is 91.5 cm³/mol. The predicted octanol–water partition coefficient (Wildman–Crippen LogP) is 3.08. The Bertz CT molecular complexity index is 708. The van der Waals surface area contributed by atoms with Crippen molar-refractivity contribution < 1.29 is 14.7 Å². The highest BCUT2D eigenvalue weighted by Gasteiger charge is 2.31. The number of carboxylic acid groups (broad SMARTS) is 1. The number of carbonyl (C=O) groups is 2. The molecule has 3 rings (SSSR count). The molecule has 24 heavy (non-hydrogen) atoms. The van der Waals surface area contributed by atoms with Gasteiger partial charge in [-0.05, 0) is 43.4 Å². The minimum absolute atomic E-state index is 0.0713. The number of benzene rings is 1. The Kier molecular flexibility index (Phi) is 4.99. The van der Waals surface area contributed by atoms with Crippen LogP contribution in [-0.2, 0) is 16.0 Å². The van der Waals surface area contributed by atoms with Gasteiger partial charge in [0.1, 0.15) is 6.04 Å². The van der Waals surface area contributed by atoms with E-state index in [0.29, 0.717) is 25.8 Å². The molecule has 0 bridgehead atoms. The molecule has 0 aliphatic carbocycles. The van der Waals surface area contributed by atoms with E-state index in [2.05, 4.69) is 4.98 Å². The summed E-state index contributed by atoms with van der Waals surface area (Å²) in [6.45, 7) is 0.551. The fourth-order valence-corrected chi connectivity index (χ4v) is 3.24. The monoisotopic (exact) mass is 326 g/mol. The standard InChI is InChI=1S/C19H22N2O3/c22-18(21-13-5-4-8-17(21)19(23)24)12-10-15-9-11-16(20-15)14-6-2-1-3-7-14/h1-3,6-7,9,11,17,20H,4-5,8,10,12-13H2,(H,23,24)/t17-/m1/s1. The first-order chi connectivity index (χ1) is 11.6. The summed E-state index contributed by atoms with van der Waals surface area (Å²) in [6.07, 6.45) is 3.24. The molecule has 0 spiro atoms. The Morgan fingerprint density at radius 2 is 1.92 bits per heavy atom. The molecule has 0 unspecified atom stereocenters. The number of aryl methyl sites for hydroxylation is 1. The smallest absolute Gasteiger partial charge is 0.326 e. The number of aromatic amines is 1. The molecule has 1 aromatic heterocycles. The normalized spacial score (nSPS) is 17.7. The van der Waals surface area contributed by atoms with Crippen LogP contribution in [-0.4, -0.2) is 39.5 Å². The SMILES string of the molecule is O=C(O)[C@H]1CCCCN1C(=O)CCc1ccc(-c2ccccc2)[nH]1. The second-order valence-corrected chi connectivity index (χ2v) is 6.20. The maximum absolute atomic E-state index is 12.4. The summed E-state index contributed by atoms with van der Waals surface area (Å²) in [6, 6.07) is 13.4. The van der Waals surface area contributed by atoms with Crippen molar-refractivity contribution >= 4 is 11.9 Å². The van der Waals surface area contributed by atoms with E-state index >= 15 is 0 Å². The van der Waals surface area contributed by atoms with Crippen LogP contribution in [0.25, 0.3) is 11.3 Å². The molecule has 0 saturated carbocycles. The molecule has 2 aromatic rings. The number of likely N-dealkylation sites (tertiary alicyclic amines) is 1. The number of aliphatic carboxylic acids is 1. The molecule has 5 heteroatoms. The van der Waals surface area contributed by atoms with Crippen LogP contribution in [0.1, 0.15) is 31.4 Å². The summed E-state index contributed by atoms with van der Waals surface area (Å²) in [5, 5.41) is 9.27. The number of carbonyl (C=O) groups excluding carboxylic acids is 1. The third-order valence-electron chi connectivity index (χ3n) is 4.55. The molecule has 1 aromatic carbocycles. The maximum atomic E-state index is 12.4. The minimum Gasteiger partial charge on any atom is -0.480 e. The molecule has 1 fully saturated rings. The number of hydrogen-bond acceptors (Lipinski definition) is 2. The van der Waals surface area contributed by atoms with Crippen molar-refractivity contribution in [2.75, 3.05) is 6.54 Å². The van der Waals surface area contributed by atoms with E-state index in [0.717, 1.165) is 29.8 Å². The molecule has 1 aliphatic heterocycles. The highest BCUT2D eigenvalue weighted by molar-refractivity contribution is 5.84. The Balaban J connectivity index is 1.60. The third-order valence-corrected chi connectivity index (χ3v) is 4.55. The van der Waals surface area contributed by atoms with Crippen LogP contribution < -0.4 is 0 Å². The first-order valence-electron chi connectivity index (χ1n) is 8.41. The van der Waals surface area contributed by atoms with Crippen molar-refractivity contribution in [2.24, 2.45) is 0 Å². The first-order valence-corrected chi connectivity index (χ1v) is 8.41. The highest BCUT2D eigenvalue weighted by Crippen LogP contribution is 2.21. The van der Waals surface area contributed by atoms with E-state index in [-0.39, 0.29) is 5.91 Å². The van der Waals surface area contributed by atoms with Gasteiger partial charge in [-0.1, -0.05) is 30.3 Å². The molecular weight excluding hydrogens is 304 g/mol. The number of nitrogens with one attached hydrogen (secondary N) is 1. The molecular formula is C19H22N2O3. The topological polar surface area (TPSA) is 73.4 Å². The summed E-state index contributed by atoms with van der Waals surface area (Å²) in [4.78, 5) is 28.6. The maximum Gasteiger partial charge on any atom is 0.326 e. The van der Waals surface area contributed by atoms with Gasteiger partial charge in [0.25, 0.3) is 0 Å². The second kappa shape index (κ2) is 7.34. The molecule has 1 aliphatic rings. The van der Waals surface area contributed by atoms with Gasteiger partial charge < -0.3 is 15.0 Å². The zero-order valence-electron chi connectivity index (χ0n) is 13.6. The number of amides is 1. The van der Waals surface area contributed by atoms with Crippen molar-refractivity contribution in [3.8, 4) is 11.3 Å². The number of piperidine rings is 1. The Morgan fingerprint density at radius 1 is 1.12 bits per heavy atom. The fourth-order valence-electron chi connectivity index (χ4n) is 3.24. The molecule has 5 nitrogen and oxygen atoms in total. The van der Waals surface area contributed by atoms with Crippen LogP contribution in [0.2, 0.25) is 0 Å². The molecule has 126 valence electrons.